The van der Waals surface area contributed by atoms with Gasteiger partial charge in [-0.2, -0.15) is 5.10 Å². The molecule has 0 bridgehead atoms. The number of aromatic nitrogens is 4. The van der Waals surface area contributed by atoms with E-state index in [1.807, 2.05) is 39.2 Å². The van der Waals surface area contributed by atoms with Crippen LogP contribution in [0.25, 0.3) is 17.3 Å². The summed E-state index contributed by atoms with van der Waals surface area (Å²) in [6, 6.07) is 3.55. The number of halogens is 1. The number of ether oxygens (including phenoxy) is 1. The third-order valence-corrected chi connectivity index (χ3v) is 7.54. The predicted octanol–water partition coefficient (Wildman–Crippen LogP) is 4.00. The maximum atomic E-state index is 13.8. The number of nitrogen functional groups attached to an aromatic ring is 2. The number of benzene rings is 1. The molecule has 1 fully saturated rings. The molecule has 1 saturated heterocycles. The van der Waals surface area contributed by atoms with Gasteiger partial charge in [-0.3, -0.25) is 4.68 Å². The zero-order valence-electron chi connectivity index (χ0n) is 24.6. The first kappa shape index (κ1) is 29.7. The van der Waals surface area contributed by atoms with Crippen LogP contribution >= 0.6 is 0 Å². The molecule has 3 aromatic rings. The van der Waals surface area contributed by atoms with Crippen molar-refractivity contribution < 1.29 is 19.0 Å². The van der Waals surface area contributed by atoms with Gasteiger partial charge in [0.2, 0.25) is 5.95 Å². The Labute approximate surface area is 249 Å². The summed E-state index contributed by atoms with van der Waals surface area (Å²) in [5, 5.41) is 14.6. The Kier molecular flexibility index (Phi) is 8.16. The van der Waals surface area contributed by atoms with Crippen LogP contribution in [0.15, 0.2) is 36.7 Å². The minimum Gasteiger partial charge on any atom is -0.507 e. The van der Waals surface area contributed by atoms with Gasteiger partial charge < -0.3 is 36.8 Å². The number of anilines is 3. The quantitative estimate of drug-likeness (QED) is 0.339. The van der Waals surface area contributed by atoms with Gasteiger partial charge in [0, 0.05) is 55.4 Å². The number of hydrogen-bond acceptors (Lipinski definition) is 10. The van der Waals surface area contributed by atoms with Crippen molar-refractivity contribution in [2.45, 2.75) is 51.7 Å². The van der Waals surface area contributed by atoms with Gasteiger partial charge in [-0.05, 0) is 69.9 Å². The lowest BCUT2D eigenvalue weighted by molar-refractivity contribution is 0.0270. The predicted molar refractivity (Wildman–Crippen MR) is 164 cm³/mol. The molecule has 0 aliphatic carbocycles. The van der Waals surface area contributed by atoms with Gasteiger partial charge in [0.05, 0.1) is 11.7 Å². The van der Waals surface area contributed by atoms with E-state index in [0.29, 0.717) is 44.2 Å². The maximum absolute atomic E-state index is 13.8. The van der Waals surface area contributed by atoms with Gasteiger partial charge in [0.1, 0.15) is 22.9 Å². The summed E-state index contributed by atoms with van der Waals surface area (Å²) in [6.07, 6.45) is 9.07. The molecule has 0 atom stereocenters. The van der Waals surface area contributed by atoms with E-state index in [-0.39, 0.29) is 40.7 Å². The second kappa shape index (κ2) is 11.8. The fourth-order valence-electron chi connectivity index (χ4n) is 5.25. The van der Waals surface area contributed by atoms with Crippen LogP contribution in [0.1, 0.15) is 62.9 Å². The summed E-state index contributed by atoms with van der Waals surface area (Å²) in [5.41, 5.74) is 21.1. The molecule has 13 heteroatoms. The lowest BCUT2D eigenvalue weighted by atomic mass is 10.0. The molecule has 1 amide bonds. The highest BCUT2D eigenvalue weighted by molar-refractivity contribution is 5.86. The van der Waals surface area contributed by atoms with Crippen LogP contribution in [-0.4, -0.2) is 67.6 Å². The second-order valence-electron chi connectivity index (χ2n) is 11.8. The summed E-state index contributed by atoms with van der Waals surface area (Å²) in [5.74, 6) is 0.150. The number of amides is 1. The molecule has 4 heterocycles. The molecule has 43 heavy (non-hydrogen) atoms. The number of phenols is 1. The smallest absolute Gasteiger partial charge is 0.410 e. The summed E-state index contributed by atoms with van der Waals surface area (Å²) in [4.78, 5) is 25.4. The van der Waals surface area contributed by atoms with Gasteiger partial charge in [0.25, 0.3) is 0 Å². The highest BCUT2D eigenvalue weighted by Gasteiger charge is 2.27. The molecule has 5 rings (SSSR count). The molecule has 0 unspecified atom stereocenters. The van der Waals surface area contributed by atoms with Crippen molar-refractivity contribution >= 4 is 40.9 Å². The Hall–Kier alpha value is -4.81. The standard InChI is InChI=1S/C30H38FN9O3/c1-30(2,3)43-29(42)39-10-6-18(7-11-39)19-16-35-28(36-17-19)38-12-8-21(9-13-38)40-24(26(33)27(34)37-40)15-23(32)22-14-20(31)4-5-25(22)41/h4-6,14-17,21,41H,7-13,32-33H2,1-3H3,(H2,34,37)/b23-15-. The van der Waals surface area contributed by atoms with E-state index >= 15 is 0 Å². The van der Waals surface area contributed by atoms with E-state index in [1.165, 1.54) is 6.07 Å². The third-order valence-electron chi connectivity index (χ3n) is 7.54. The monoisotopic (exact) mass is 591 g/mol. The molecule has 228 valence electrons. The third kappa shape index (κ3) is 6.65. The molecule has 0 spiro atoms. The first-order valence-electron chi connectivity index (χ1n) is 14.2. The fraction of sp³-hybridized carbons (Fsp3) is 0.400. The van der Waals surface area contributed by atoms with E-state index in [2.05, 4.69) is 20.0 Å². The van der Waals surface area contributed by atoms with Crippen molar-refractivity contribution in [1.82, 2.24) is 24.6 Å². The normalized spacial score (nSPS) is 16.7. The van der Waals surface area contributed by atoms with E-state index in [0.717, 1.165) is 36.1 Å². The van der Waals surface area contributed by atoms with Crippen molar-refractivity contribution in [3.8, 4) is 5.75 Å². The van der Waals surface area contributed by atoms with Crippen molar-refractivity contribution in [3.05, 3.63) is 59.3 Å². The molecular formula is C30H38FN9O3. The number of hydrogen-bond donors (Lipinski definition) is 4. The van der Waals surface area contributed by atoms with E-state index in [9.17, 15) is 14.3 Å². The maximum Gasteiger partial charge on any atom is 0.410 e. The van der Waals surface area contributed by atoms with Crippen molar-refractivity contribution in [1.29, 1.82) is 0 Å². The molecule has 2 aliphatic heterocycles. The van der Waals surface area contributed by atoms with Crippen LogP contribution in [0.4, 0.5) is 26.6 Å². The summed E-state index contributed by atoms with van der Waals surface area (Å²) in [7, 11) is 0. The largest absolute Gasteiger partial charge is 0.507 e. The van der Waals surface area contributed by atoms with Crippen LogP contribution in [0.5, 0.6) is 5.75 Å². The van der Waals surface area contributed by atoms with Gasteiger partial charge in [-0.15, -0.1) is 0 Å². The minimum absolute atomic E-state index is 0.0180. The van der Waals surface area contributed by atoms with Gasteiger partial charge >= 0.3 is 6.09 Å². The zero-order chi connectivity index (χ0) is 30.9. The Morgan fingerprint density at radius 1 is 1.14 bits per heavy atom. The van der Waals surface area contributed by atoms with Crippen molar-refractivity contribution in [3.63, 3.8) is 0 Å². The Bertz CT molecular complexity index is 1550. The molecule has 2 aromatic heterocycles. The first-order chi connectivity index (χ1) is 20.4. The highest BCUT2D eigenvalue weighted by Crippen LogP contribution is 2.33. The van der Waals surface area contributed by atoms with Crippen LogP contribution < -0.4 is 22.1 Å². The molecule has 0 saturated carbocycles. The Balaban J connectivity index is 1.23. The van der Waals surface area contributed by atoms with Crippen molar-refractivity contribution in [2.75, 3.05) is 42.5 Å². The first-order valence-corrected chi connectivity index (χ1v) is 14.2. The highest BCUT2D eigenvalue weighted by atomic mass is 19.1. The van der Waals surface area contributed by atoms with Crippen LogP contribution in [0, 0.1) is 5.82 Å². The van der Waals surface area contributed by atoms with Crippen LogP contribution in [-0.2, 0) is 4.74 Å². The molecule has 1 aromatic carbocycles. The Morgan fingerprint density at radius 3 is 2.47 bits per heavy atom. The van der Waals surface area contributed by atoms with Crippen LogP contribution in [0.3, 0.4) is 0 Å². The zero-order valence-corrected chi connectivity index (χ0v) is 24.6. The average Bonchev–Trinajstić information content (AvgIpc) is 3.26. The number of carbonyl (C=O) groups is 1. The van der Waals surface area contributed by atoms with Gasteiger partial charge in [-0.25, -0.2) is 19.2 Å². The number of nitrogens with two attached hydrogens (primary N) is 3. The van der Waals surface area contributed by atoms with Crippen molar-refractivity contribution in [2.24, 2.45) is 5.73 Å². The Morgan fingerprint density at radius 2 is 1.84 bits per heavy atom. The lowest BCUT2D eigenvalue weighted by Gasteiger charge is -2.32. The number of rotatable bonds is 5. The van der Waals surface area contributed by atoms with E-state index in [4.69, 9.17) is 21.9 Å². The van der Waals surface area contributed by atoms with Gasteiger partial charge in [-0.1, -0.05) is 6.08 Å². The number of piperidine rings is 1. The molecule has 0 radical (unpaired) electrons. The van der Waals surface area contributed by atoms with E-state index in [1.54, 1.807) is 15.7 Å². The van der Waals surface area contributed by atoms with Gasteiger partial charge in [0.15, 0.2) is 5.82 Å². The fourth-order valence-corrected chi connectivity index (χ4v) is 5.25. The van der Waals surface area contributed by atoms with E-state index < -0.39 is 11.4 Å². The summed E-state index contributed by atoms with van der Waals surface area (Å²) < 4.78 is 21.0. The second-order valence-corrected chi connectivity index (χ2v) is 11.8. The minimum atomic E-state index is -0.527. The van der Waals surface area contributed by atoms with Crippen LogP contribution in [0.2, 0.25) is 0 Å². The number of aromatic hydroxyl groups is 1. The number of phenolic OH excluding ortho intramolecular Hbond substituents is 1. The molecule has 7 N–H and O–H groups in total. The average molecular weight is 592 g/mol. The molecule has 12 nitrogen and oxygen atoms in total. The summed E-state index contributed by atoms with van der Waals surface area (Å²) in [6.45, 7) is 7.99. The SMILES string of the molecule is CC(C)(C)OC(=O)N1CC=C(c2cnc(N3CCC(n4nc(N)c(N)c4/C=C(\N)c4cc(F)ccc4O)CC3)nc2)CC1. The number of nitrogens with zero attached hydrogens (tertiary/aromatic N) is 6. The molecular weight excluding hydrogens is 553 g/mol. The summed E-state index contributed by atoms with van der Waals surface area (Å²) >= 11 is 0. The topological polar surface area (TPSA) is 175 Å². The lowest BCUT2D eigenvalue weighted by Crippen LogP contribution is -2.39. The molecule has 2 aliphatic rings. The number of carbonyl (C=O) groups excluding carboxylic acids is 1.